The van der Waals surface area contributed by atoms with E-state index in [4.69, 9.17) is 4.52 Å². The minimum Gasteiger partial charge on any atom is -0.363 e. The maximum Gasteiger partial charge on any atom is 0.320 e. The molecule has 0 saturated carbocycles. The summed E-state index contributed by atoms with van der Waals surface area (Å²) < 4.78 is 5.22. The van der Waals surface area contributed by atoms with Gasteiger partial charge in [0.1, 0.15) is 11.6 Å². The van der Waals surface area contributed by atoms with Crippen molar-refractivity contribution in [1.29, 1.82) is 0 Å². The summed E-state index contributed by atoms with van der Waals surface area (Å²) >= 11 is 0. The smallest absolute Gasteiger partial charge is 0.320 e. The van der Waals surface area contributed by atoms with Crippen LogP contribution in [0.15, 0.2) is 28.8 Å². The molecule has 2 heterocycles. The lowest BCUT2D eigenvalue weighted by Crippen LogP contribution is -2.28. The van der Waals surface area contributed by atoms with Crippen molar-refractivity contribution >= 4 is 17.7 Å². The highest BCUT2D eigenvalue weighted by molar-refractivity contribution is 5.88. The Bertz CT molecular complexity index is 673. The molecule has 0 spiro atoms. The van der Waals surface area contributed by atoms with Crippen molar-refractivity contribution < 1.29 is 9.32 Å². The molecule has 0 radical (unpaired) electrons. The van der Waals surface area contributed by atoms with Crippen LogP contribution in [0.4, 0.5) is 16.4 Å². The summed E-state index contributed by atoms with van der Waals surface area (Å²) in [4.78, 5) is 18.3. The van der Waals surface area contributed by atoms with Gasteiger partial charge in [-0.1, -0.05) is 32.0 Å². The second kappa shape index (κ2) is 6.68. The number of nitrogens with zero attached hydrogens (tertiary/aromatic N) is 3. The highest BCUT2D eigenvalue weighted by Gasteiger charge is 2.20. The van der Waals surface area contributed by atoms with Crippen LogP contribution in [0.1, 0.15) is 32.2 Å². The molecule has 0 aromatic carbocycles. The third kappa shape index (κ3) is 4.70. The molecular formula is C16H23N5O2. The number of rotatable bonds is 4. The van der Waals surface area contributed by atoms with Crippen molar-refractivity contribution in [3.8, 4) is 0 Å². The van der Waals surface area contributed by atoms with Crippen molar-refractivity contribution in [2.24, 2.45) is 0 Å². The van der Waals surface area contributed by atoms with E-state index in [9.17, 15) is 4.79 Å². The van der Waals surface area contributed by atoms with E-state index in [1.165, 1.54) is 0 Å². The maximum absolute atomic E-state index is 11.9. The second-order valence-corrected chi connectivity index (χ2v) is 6.52. The van der Waals surface area contributed by atoms with Crippen LogP contribution in [-0.2, 0) is 12.0 Å². The number of carbonyl (C=O) groups is 1. The minimum atomic E-state index is -0.351. The van der Waals surface area contributed by atoms with Gasteiger partial charge in [-0.25, -0.2) is 9.78 Å². The summed E-state index contributed by atoms with van der Waals surface area (Å²) in [5, 5.41) is 9.24. The molecule has 7 heteroatoms. The maximum atomic E-state index is 11.9. The lowest BCUT2D eigenvalue weighted by Gasteiger charge is -2.12. The van der Waals surface area contributed by atoms with Crippen LogP contribution in [0.25, 0.3) is 0 Å². The third-order valence-electron chi connectivity index (χ3n) is 3.17. The zero-order valence-corrected chi connectivity index (χ0v) is 14.2. The first-order chi connectivity index (χ1) is 10.8. The van der Waals surface area contributed by atoms with Crippen molar-refractivity contribution in [3.63, 3.8) is 0 Å². The molecule has 2 aromatic rings. The van der Waals surface area contributed by atoms with Crippen molar-refractivity contribution in [1.82, 2.24) is 15.5 Å². The monoisotopic (exact) mass is 317 g/mol. The zero-order valence-electron chi connectivity index (χ0n) is 14.2. The SMILES string of the molecule is CN(C)c1cccc(CNC(=O)Nc2cc(C(C)(C)C)on2)n1. The van der Waals surface area contributed by atoms with Crippen LogP contribution >= 0.6 is 0 Å². The molecular weight excluding hydrogens is 294 g/mol. The summed E-state index contributed by atoms with van der Waals surface area (Å²) in [7, 11) is 3.84. The molecule has 23 heavy (non-hydrogen) atoms. The van der Waals surface area contributed by atoms with E-state index < -0.39 is 0 Å². The molecule has 2 aromatic heterocycles. The summed E-state index contributed by atoms with van der Waals surface area (Å²) in [5.41, 5.74) is 0.627. The molecule has 124 valence electrons. The van der Waals surface area contributed by atoms with Gasteiger partial charge in [-0.3, -0.25) is 5.32 Å². The summed E-state index contributed by atoms with van der Waals surface area (Å²) in [5.74, 6) is 1.95. The van der Waals surface area contributed by atoms with E-state index in [-0.39, 0.29) is 11.4 Å². The summed E-state index contributed by atoms with van der Waals surface area (Å²) in [6.45, 7) is 6.37. The van der Waals surface area contributed by atoms with E-state index in [2.05, 4.69) is 20.8 Å². The molecule has 0 fully saturated rings. The number of nitrogens with one attached hydrogen (secondary N) is 2. The molecule has 2 N–H and O–H groups in total. The number of carbonyl (C=O) groups excluding carboxylic acids is 1. The Hall–Kier alpha value is -2.57. The van der Waals surface area contributed by atoms with Crippen molar-refractivity contribution in [3.05, 3.63) is 35.7 Å². The predicted octanol–water partition coefficient (Wildman–Crippen LogP) is 2.75. The molecule has 0 aliphatic rings. The average Bonchev–Trinajstić information content (AvgIpc) is 2.94. The van der Waals surface area contributed by atoms with E-state index in [1.807, 2.05) is 58.0 Å². The minimum absolute atomic E-state index is 0.153. The Kier molecular flexibility index (Phi) is 4.88. The number of aromatic nitrogens is 2. The van der Waals surface area contributed by atoms with Gasteiger partial charge in [0, 0.05) is 25.6 Å². The molecule has 2 amide bonds. The van der Waals surface area contributed by atoms with Gasteiger partial charge >= 0.3 is 6.03 Å². The number of urea groups is 1. The van der Waals surface area contributed by atoms with Gasteiger partial charge in [-0.15, -0.1) is 0 Å². The van der Waals surface area contributed by atoms with Crippen LogP contribution in [0.3, 0.4) is 0 Å². The van der Waals surface area contributed by atoms with Gasteiger partial charge in [-0.05, 0) is 12.1 Å². The Labute approximate surface area is 136 Å². The van der Waals surface area contributed by atoms with Crippen molar-refractivity contribution in [2.45, 2.75) is 32.7 Å². The van der Waals surface area contributed by atoms with E-state index in [1.54, 1.807) is 6.07 Å². The van der Waals surface area contributed by atoms with Crippen LogP contribution in [-0.4, -0.2) is 30.3 Å². The molecule has 2 rings (SSSR count). The normalized spacial score (nSPS) is 11.2. The summed E-state index contributed by atoms with van der Waals surface area (Å²) in [6.07, 6.45) is 0. The van der Waals surface area contributed by atoms with Crippen LogP contribution < -0.4 is 15.5 Å². The number of pyridine rings is 1. The standard InChI is InChI=1S/C16H23N5O2/c1-16(2,3)12-9-13(20-23-12)19-15(22)17-10-11-7-6-8-14(18-11)21(4)5/h6-9H,10H2,1-5H3,(H2,17,19,20,22). The van der Waals surface area contributed by atoms with Gasteiger partial charge in [-0.2, -0.15) is 0 Å². The molecule has 7 nitrogen and oxygen atoms in total. The van der Waals surface area contributed by atoms with Gasteiger partial charge in [0.05, 0.1) is 12.2 Å². The number of hydrogen-bond donors (Lipinski definition) is 2. The van der Waals surface area contributed by atoms with Gasteiger partial charge in [0.2, 0.25) is 0 Å². The molecule has 0 aliphatic heterocycles. The third-order valence-corrected chi connectivity index (χ3v) is 3.17. The fourth-order valence-corrected chi connectivity index (χ4v) is 1.83. The second-order valence-electron chi connectivity index (χ2n) is 6.52. The number of anilines is 2. The number of hydrogen-bond acceptors (Lipinski definition) is 5. The largest absolute Gasteiger partial charge is 0.363 e. The Morgan fingerprint density at radius 3 is 2.65 bits per heavy atom. The van der Waals surface area contributed by atoms with Crippen LogP contribution in [0, 0.1) is 0 Å². The molecule has 0 atom stereocenters. The van der Waals surface area contributed by atoms with Gasteiger partial charge < -0.3 is 14.7 Å². The first kappa shape index (κ1) is 16.8. The zero-order chi connectivity index (χ0) is 17.0. The van der Waals surface area contributed by atoms with Gasteiger partial charge in [0.25, 0.3) is 0 Å². The molecule has 0 aliphatic carbocycles. The Morgan fingerprint density at radius 1 is 1.30 bits per heavy atom. The Morgan fingerprint density at radius 2 is 2.04 bits per heavy atom. The summed E-state index contributed by atoms with van der Waals surface area (Å²) in [6, 6.07) is 7.05. The lowest BCUT2D eigenvalue weighted by molar-refractivity contribution is 0.251. The predicted molar refractivity (Wildman–Crippen MR) is 89.6 cm³/mol. The molecule has 0 unspecified atom stereocenters. The topological polar surface area (TPSA) is 83.3 Å². The first-order valence-corrected chi connectivity index (χ1v) is 7.41. The highest BCUT2D eigenvalue weighted by atomic mass is 16.5. The van der Waals surface area contributed by atoms with Crippen LogP contribution in [0.5, 0.6) is 0 Å². The number of amides is 2. The first-order valence-electron chi connectivity index (χ1n) is 7.41. The molecule has 0 saturated heterocycles. The quantitative estimate of drug-likeness (QED) is 0.906. The van der Waals surface area contributed by atoms with Crippen LogP contribution in [0.2, 0.25) is 0 Å². The Balaban J connectivity index is 1.90. The lowest BCUT2D eigenvalue weighted by atomic mass is 9.93. The van der Waals surface area contributed by atoms with Gasteiger partial charge in [0.15, 0.2) is 5.82 Å². The van der Waals surface area contributed by atoms with E-state index >= 15 is 0 Å². The molecule has 0 bridgehead atoms. The highest BCUT2D eigenvalue weighted by Crippen LogP contribution is 2.24. The average molecular weight is 317 g/mol. The van der Waals surface area contributed by atoms with Crippen molar-refractivity contribution in [2.75, 3.05) is 24.3 Å². The fourth-order valence-electron chi connectivity index (χ4n) is 1.83. The van der Waals surface area contributed by atoms with E-state index in [0.29, 0.717) is 18.1 Å². The van der Waals surface area contributed by atoms with E-state index in [0.717, 1.165) is 11.5 Å². The fraction of sp³-hybridized carbons (Fsp3) is 0.438.